The largest absolute Gasteiger partial charge is 0.394 e. The van der Waals surface area contributed by atoms with Gasteiger partial charge in [-0.2, -0.15) is 0 Å². The SMILES string of the molecule is CC1(C)CC(=O)Nc2ccc(NCC(O)CO)cc21. The van der Waals surface area contributed by atoms with Crippen LogP contribution in [-0.2, 0) is 10.2 Å². The lowest BCUT2D eigenvalue weighted by Crippen LogP contribution is -2.32. The molecule has 19 heavy (non-hydrogen) atoms. The van der Waals surface area contributed by atoms with Crippen molar-refractivity contribution in [3.8, 4) is 0 Å². The molecule has 1 aromatic rings. The highest BCUT2D eigenvalue weighted by atomic mass is 16.3. The zero-order valence-corrected chi connectivity index (χ0v) is 11.2. The molecule has 0 aromatic heterocycles. The fourth-order valence-electron chi connectivity index (χ4n) is 2.31. The summed E-state index contributed by atoms with van der Waals surface area (Å²) in [5.74, 6) is 0.0360. The molecule has 0 saturated carbocycles. The van der Waals surface area contributed by atoms with E-state index in [1.165, 1.54) is 0 Å². The molecule has 0 spiro atoms. The molecule has 1 heterocycles. The lowest BCUT2D eigenvalue weighted by atomic mass is 9.78. The van der Waals surface area contributed by atoms with Gasteiger partial charge >= 0.3 is 0 Å². The van der Waals surface area contributed by atoms with Crippen molar-refractivity contribution in [1.29, 1.82) is 0 Å². The smallest absolute Gasteiger partial charge is 0.225 e. The molecule has 104 valence electrons. The fourth-order valence-corrected chi connectivity index (χ4v) is 2.31. The monoisotopic (exact) mass is 264 g/mol. The third-order valence-corrected chi connectivity index (χ3v) is 3.38. The standard InChI is InChI=1S/C14H20N2O3/c1-14(2)6-13(19)16-12-4-3-9(5-11(12)14)15-7-10(18)8-17/h3-5,10,15,17-18H,6-8H2,1-2H3,(H,16,19). The van der Waals surface area contributed by atoms with Crippen LogP contribution >= 0.6 is 0 Å². The van der Waals surface area contributed by atoms with Gasteiger partial charge in [0.1, 0.15) is 0 Å². The number of hydrogen-bond donors (Lipinski definition) is 4. The van der Waals surface area contributed by atoms with Gasteiger partial charge in [0.2, 0.25) is 5.91 Å². The number of carbonyl (C=O) groups excluding carboxylic acids is 1. The molecule has 0 aliphatic carbocycles. The van der Waals surface area contributed by atoms with Gasteiger partial charge in [-0.1, -0.05) is 13.8 Å². The Kier molecular flexibility index (Phi) is 3.78. The Morgan fingerprint density at radius 1 is 1.47 bits per heavy atom. The number of anilines is 2. The first-order valence-corrected chi connectivity index (χ1v) is 6.39. The van der Waals surface area contributed by atoms with E-state index in [1.807, 2.05) is 32.0 Å². The number of carbonyl (C=O) groups is 1. The molecule has 5 nitrogen and oxygen atoms in total. The van der Waals surface area contributed by atoms with E-state index in [4.69, 9.17) is 5.11 Å². The second kappa shape index (κ2) is 5.19. The van der Waals surface area contributed by atoms with E-state index in [1.54, 1.807) is 0 Å². The Labute approximate surface area is 112 Å². The Morgan fingerprint density at radius 3 is 2.89 bits per heavy atom. The van der Waals surface area contributed by atoms with Crippen molar-refractivity contribution < 1.29 is 15.0 Å². The summed E-state index contributed by atoms with van der Waals surface area (Å²) < 4.78 is 0. The minimum atomic E-state index is -0.774. The molecule has 0 radical (unpaired) electrons. The van der Waals surface area contributed by atoms with Gasteiger partial charge in [-0.15, -0.1) is 0 Å². The van der Waals surface area contributed by atoms with Gasteiger partial charge < -0.3 is 20.8 Å². The van der Waals surface area contributed by atoms with Crippen molar-refractivity contribution in [2.24, 2.45) is 0 Å². The molecule has 0 fully saturated rings. The van der Waals surface area contributed by atoms with Gasteiger partial charge in [0.05, 0.1) is 12.7 Å². The van der Waals surface area contributed by atoms with E-state index in [-0.39, 0.29) is 17.9 Å². The van der Waals surface area contributed by atoms with E-state index in [0.717, 1.165) is 16.9 Å². The van der Waals surface area contributed by atoms with Gasteiger partial charge in [-0.05, 0) is 23.8 Å². The number of benzene rings is 1. The molecular formula is C14H20N2O3. The van der Waals surface area contributed by atoms with Crippen molar-refractivity contribution in [1.82, 2.24) is 0 Å². The predicted octanol–water partition coefficient (Wildman–Crippen LogP) is 1.07. The molecule has 0 saturated heterocycles. The second-order valence-electron chi connectivity index (χ2n) is 5.59. The highest BCUT2D eigenvalue weighted by Gasteiger charge is 2.31. The summed E-state index contributed by atoms with van der Waals surface area (Å²) in [6, 6.07) is 5.70. The van der Waals surface area contributed by atoms with Crippen molar-refractivity contribution >= 4 is 17.3 Å². The van der Waals surface area contributed by atoms with Gasteiger partial charge in [-0.3, -0.25) is 4.79 Å². The van der Waals surface area contributed by atoms with Crippen LogP contribution in [0, 0.1) is 0 Å². The number of nitrogens with one attached hydrogen (secondary N) is 2. The summed E-state index contributed by atoms with van der Waals surface area (Å²) in [6.07, 6.45) is -0.313. The van der Waals surface area contributed by atoms with E-state index in [0.29, 0.717) is 13.0 Å². The first kappa shape index (κ1) is 13.8. The lowest BCUT2D eigenvalue weighted by Gasteiger charge is -2.32. The minimum Gasteiger partial charge on any atom is -0.394 e. The molecule has 4 N–H and O–H groups in total. The molecule has 0 bridgehead atoms. The van der Waals surface area contributed by atoms with Crippen LogP contribution in [0.5, 0.6) is 0 Å². The number of hydrogen-bond acceptors (Lipinski definition) is 4. The summed E-state index contributed by atoms with van der Waals surface area (Å²) in [5, 5.41) is 24.0. The van der Waals surface area contributed by atoms with Crippen LogP contribution in [0.15, 0.2) is 18.2 Å². The molecule has 1 aliphatic heterocycles. The summed E-state index contributed by atoms with van der Waals surface area (Å²) in [7, 11) is 0. The molecule has 2 rings (SSSR count). The average molecular weight is 264 g/mol. The van der Waals surface area contributed by atoms with Crippen LogP contribution in [0.3, 0.4) is 0 Å². The summed E-state index contributed by atoms with van der Waals surface area (Å²) in [6.45, 7) is 4.11. The van der Waals surface area contributed by atoms with Gasteiger partial charge in [0.15, 0.2) is 0 Å². The fraction of sp³-hybridized carbons (Fsp3) is 0.500. The lowest BCUT2D eigenvalue weighted by molar-refractivity contribution is -0.117. The van der Waals surface area contributed by atoms with Crippen LogP contribution in [0.4, 0.5) is 11.4 Å². The zero-order chi connectivity index (χ0) is 14.0. The number of amides is 1. The second-order valence-corrected chi connectivity index (χ2v) is 5.59. The van der Waals surface area contributed by atoms with Crippen LogP contribution in [0.25, 0.3) is 0 Å². The average Bonchev–Trinajstić information content (AvgIpc) is 2.35. The first-order valence-electron chi connectivity index (χ1n) is 6.39. The molecule has 1 amide bonds. The van der Waals surface area contributed by atoms with Crippen molar-refractivity contribution in [3.63, 3.8) is 0 Å². The molecule has 1 unspecified atom stereocenters. The van der Waals surface area contributed by atoms with Crippen molar-refractivity contribution in [2.45, 2.75) is 31.8 Å². The first-order chi connectivity index (χ1) is 8.92. The van der Waals surface area contributed by atoms with E-state index in [2.05, 4.69) is 10.6 Å². The van der Waals surface area contributed by atoms with E-state index >= 15 is 0 Å². The number of aliphatic hydroxyl groups excluding tert-OH is 2. The van der Waals surface area contributed by atoms with Crippen LogP contribution in [0.1, 0.15) is 25.8 Å². The molecular weight excluding hydrogens is 244 g/mol. The Morgan fingerprint density at radius 2 is 2.21 bits per heavy atom. The highest BCUT2D eigenvalue weighted by molar-refractivity contribution is 5.95. The summed E-state index contributed by atoms with van der Waals surface area (Å²) >= 11 is 0. The Hall–Kier alpha value is -1.59. The molecule has 1 aliphatic rings. The Balaban J connectivity index is 2.21. The van der Waals surface area contributed by atoms with Gasteiger partial charge in [-0.25, -0.2) is 0 Å². The summed E-state index contributed by atoms with van der Waals surface area (Å²) in [4.78, 5) is 11.6. The number of fused-ring (bicyclic) bond motifs is 1. The Bertz CT molecular complexity index is 486. The molecule has 5 heteroatoms. The molecule has 1 atom stereocenters. The normalized spacial score (nSPS) is 18.4. The maximum atomic E-state index is 11.6. The van der Waals surface area contributed by atoms with Gasteiger partial charge in [0, 0.05) is 29.8 Å². The van der Waals surface area contributed by atoms with Crippen LogP contribution in [0.2, 0.25) is 0 Å². The third kappa shape index (κ3) is 3.05. The predicted molar refractivity (Wildman–Crippen MR) is 74.3 cm³/mol. The maximum absolute atomic E-state index is 11.6. The summed E-state index contributed by atoms with van der Waals surface area (Å²) in [5.41, 5.74) is 2.59. The van der Waals surface area contributed by atoms with Crippen molar-refractivity contribution in [3.05, 3.63) is 23.8 Å². The molecule has 1 aromatic carbocycles. The van der Waals surface area contributed by atoms with E-state index in [9.17, 15) is 9.90 Å². The minimum absolute atomic E-state index is 0.0360. The third-order valence-electron chi connectivity index (χ3n) is 3.38. The van der Waals surface area contributed by atoms with E-state index < -0.39 is 6.10 Å². The number of rotatable bonds is 4. The number of aliphatic hydroxyl groups is 2. The maximum Gasteiger partial charge on any atom is 0.225 e. The zero-order valence-electron chi connectivity index (χ0n) is 11.2. The van der Waals surface area contributed by atoms with Crippen molar-refractivity contribution in [2.75, 3.05) is 23.8 Å². The van der Waals surface area contributed by atoms with Crippen LogP contribution < -0.4 is 10.6 Å². The quantitative estimate of drug-likeness (QED) is 0.656. The highest BCUT2D eigenvalue weighted by Crippen LogP contribution is 2.38. The van der Waals surface area contributed by atoms with Gasteiger partial charge in [0.25, 0.3) is 0 Å². The van der Waals surface area contributed by atoms with Crippen LogP contribution in [-0.4, -0.2) is 35.4 Å². The topological polar surface area (TPSA) is 81.6 Å².